The summed E-state index contributed by atoms with van der Waals surface area (Å²) in [7, 11) is 0. The highest BCUT2D eigenvalue weighted by atomic mass is 16.6. The number of nitrogens with one attached hydrogen (secondary N) is 2. The van der Waals surface area contributed by atoms with Gasteiger partial charge in [0.15, 0.2) is 0 Å². The van der Waals surface area contributed by atoms with Crippen molar-refractivity contribution in [1.82, 2.24) is 15.0 Å². The summed E-state index contributed by atoms with van der Waals surface area (Å²) in [5, 5.41) is 18.0. The minimum atomic E-state index is -0.497. The Labute approximate surface area is 201 Å². The van der Waals surface area contributed by atoms with Gasteiger partial charge in [-0.2, -0.15) is 0 Å². The molecule has 0 spiro atoms. The predicted molar refractivity (Wildman–Crippen MR) is 137 cm³/mol. The van der Waals surface area contributed by atoms with Gasteiger partial charge >= 0.3 is 5.69 Å². The summed E-state index contributed by atoms with van der Waals surface area (Å²) in [5.41, 5.74) is 6.56. The number of nitrogens with zero attached hydrogens (tertiary/aromatic N) is 5. The summed E-state index contributed by atoms with van der Waals surface area (Å²) in [6.45, 7) is 1.90. The van der Waals surface area contributed by atoms with Crippen molar-refractivity contribution < 1.29 is 4.92 Å². The Hall–Kier alpha value is -5.05. The molecule has 0 bridgehead atoms. The molecule has 9 nitrogen and oxygen atoms in total. The largest absolute Gasteiger partial charge is 0.355 e. The Morgan fingerprint density at radius 3 is 2.11 bits per heavy atom. The first-order valence-corrected chi connectivity index (χ1v) is 10.9. The molecule has 0 aliphatic carbocycles. The average molecular weight is 464 g/mol. The van der Waals surface area contributed by atoms with Crippen LogP contribution in [0.1, 0.15) is 5.69 Å². The van der Waals surface area contributed by atoms with Crippen molar-refractivity contribution in [3.05, 3.63) is 113 Å². The molecule has 0 aliphatic rings. The quantitative estimate of drug-likeness (QED) is 0.218. The standard InChI is InChI=1S/C26H21N7O2/c1-18-15-16-19-9-8-14-22(23(19)29-18)30-25-24(33(34)35)26(28-17-27-25)31-32(20-10-4-2-5-11-20)21-12-6-3-7-13-21/h2-17H,1H3,(H2,27,28,30,31). The summed E-state index contributed by atoms with van der Waals surface area (Å²) in [4.78, 5) is 24.7. The van der Waals surface area contributed by atoms with Gasteiger partial charge < -0.3 is 5.32 Å². The molecule has 172 valence electrons. The second-order valence-corrected chi connectivity index (χ2v) is 7.75. The fourth-order valence-corrected chi connectivity index (χ4v) is 3.74. The highest BCUT2D eigenvalue weighted by molar-refractivity contribution is 5.93. The third-order valence-electron chi connectivity index (χ3n) is 5.36. The smallest absolute Gasteiger partial charge is 0.332 e. The lowest BCUT2D eigenvalue weighted by molar-refractivity contribution is -0.383. The molecule has 5 aromatic rings. The van der Waals surface area contributed by atoms with Gasteiger partial charge in [0.25, 0.3) is 0 Å². The van der Waals surface area contributed by atoms with E-state index in [1.54, 1.807) is 5.01 Å². The maximum atomic E-state index is 12.2. The SMILES string of the molecule is Cc1ccc2cccc(Nc3ncnc(NN(c4ccccc4)c4ccccc4)c3[N+](=O)[O-])c2n1. The van der Waals surface area contributed by atoms with Crippen LogP contribution in [0.2, 0.25) is 0 Å². The second kappa shape index (κ2) is 9.44. The van der Waals surface area contributed by atoms with Crippen LogP contribution < -0.4 is 15.8 Å². The average Bonchev–Trinajstić information content (AvgIpc) is 2.88. The molecule has 0 radical (unpaired) electrons. The zero-order valence-corrected chi connectivity index (χ0v) is 18.8. The first kappa shape index (κ1) is 21.8. The number of rotatable bonds is 7. The molecule has 0 saturated carbocycles. The molecular formula is C26H21N7O2. The summed E-state index contributed by atoms with van der Waals surface area (Å²) >= 11 is 0. The Morgan fingerprint density at radius 1 is 0.800 bits per heavy atom. The highest BCUT2D eigenvalue weighted by Crippen LogP contribution is 2.35. The van der Waals surface area contributed by atoms with Crippen LogP contribution >= 0.6 is 0 Å². The molecule has 0 aliphatic heterocycles. The molecular weight excluding hydrogens is 442 g/mol. The van der Waals surface area contributed by atoms with E-state index in [4.69, 9.17) is 0 Å². The normalized spacial score (nSPS) is 10.7. The topological polar surface area (TPSA) is 109 Å². The Balaban J connectivity index is 1.57. The molecule has 0 saturated heterocycles. The summed E-state index contributed by atoms with van der Waals surface area (Å²) in [6.07, 6.45) is 1.29. The van der Waals surface area contributed by atoms with E-state index in [9.17, 15) is 10.1 Å². The number of nitro groups is 1. The number of para-hydroxylation sites is 3. The van der Waals surface area contributed by atoms with E-state index >= 15 is 0 Å². The summed E-state index contributed by atoms with van der Waals surface area (Å²) in [6, 6.07) is 28.5. The zero-order chi connectivity index (χ0) is 24.2. The van der Waals surface area contributed by atoms with Crippen molar-refractivity contribution in [1.29, 1.82) is 0 Å². The molecule has 9 heteroatoms. The Morgan fingerprint density at radius 2 is 1.46 bits per heavy atom. The Kier molecular flexibility index (Phi) is 5.87. The van der Waals surface area contributed by atoms with Gasteiger partial charge in [-0.25, -0.2) is 9.97 Å². The van der Waals surface area contributed by atoms with Crippen LogP contribution in [0, 0.1) is 17.0 Å². The highest BCUT2D eigenvalue weighted by Gasteiger charge is 2.26. The van der Waals surface area contributed by atoms with Crippen molar-refractivity contribution in [3.63, 3.8) is 0 Å². The molecule has 2 aromatic heterocycles. The molecule has 2 heterocycles. The second-order valence-electron chi connectivity index (χ2n) is 7.75. The van der Waals surface area contributed by atoms with Crippen molar-refractivity contribution in [3.8, 4) is 0 Å². The van der Waals surface area contributed by atoms with E-state index in [0.29, 0.717) is 11.2 Å². The molecule has 3 aromatic carbocycles. The van der Waals surface area contributed by atoms with E-state index in [0.717, 1.165) is 22.5 Å². The number of aromatic nitrogens is 3. The Bertz CT molecular complexity index is 1450. The van der Waals surface area contributed by atoms with Gasteiger partial charge in [-0.15, -0.1) is 0 Å². The van der Waals surface area contributed by atoms with Gasteiger partial charge in [-0.3, -0.25) is 25.5 Å². The van der Waals surface area contributed by atoms with Gasteiger partial charge in [-0.05, 0) is 43.3 Å². The third kappa shape index (κ3) is 4.55. The van der Waals surface area contributed by atoms with Gasteiger partial charge in [0, 0.05) is 11.1 Å². The molecule has 0 fully saturated rings. The number of hydrogen-bond acceptors (Lipinski definition) is 8. The van der Waals surface area contributed by atoms with Crippen LogP contribution in [-0.4, -0.2) is 19.9 Å². The van der Waals surface area contributed by atoms with E-state index < -0.39 is 4.92 Å². The predicted octanol–water partition coefficient (Wildman–Crippen LogP) is 6.15. The minimum absolute atomic E-state index is 0.0459. The number of aryl methyl sites for hydroxylation is 1. The number of pyridine rings is 1. The zero-order valence-electron chi connectivity index (χ0n) is 18.8. The summed E-state index contributed by atoms with van der Waals surface area (Å²) < 4.78 is 0. The van der Waals surface area contributed by atoms with Crippen molar-refractivity contribution >= 4 is 45.3 Å². The number of anilines is 5. The van der Waals surface area contributed by atoms with Crippen LogP contribution in [-0.2, 0) is 0 Å². The van der Waals surface area contributed by atoms with Crippen LogP contribution in [0.5, 0.6) is 0 Å². The lowest BCUT2D eigenvalue weighted by atomic mass is 10.1. The number of hydrogen-bond donors (Lipinski definition) is 2. The fourth-order valence-electron chi connectivity index (χ4n) is 3.74. The van der Waals surface area contributed by atoms with Crippen molar-refractivity contribution in [2.75, 3.05) is 15.8 Å². The van der Waals surface area contributed by atoms with Gasteiger partial charge in [0.05, 0.1) is 27.5 Å². The minimum Gasteiger partial charge on any atom is -0.332 e. The number of benzene rings is 3. The molecule has 5 rings (SSSR count). The molecule has 35 heavy (non-hydrogen) atoms. The van der Waals surface area contributed by atoms with Crippen molar-refractivity contribution in [2.24, 2.45) is 0 Å². The van der Waals surface area contributed by atoms with Gasteiger partial charge in [0.2, 0.25) is 11.6 Å². The van der Waals surface area contributed by atoms with E-state index in [-0.39, 0.29) is 17.3 Å². The molecule has 0 amide bonds. The fraction of sp³-hybridized carbons (Fsp3) is 0.0385. The van der Waals surface area contributed by atoms with E-state index in [2.05, 4.69) is 25.7 Å². The molecule has 2 N–H and O–H groups in total. The van der Waals surface area contributed by atoms with E-state index in [1.165, 1.54) is 6.33 Å². The van der Waals surface area contributed by atoms with Gasteiger partial charge in [-0.1, -0.05) is 54.6 Å². The first-order chi connectivity index (χ1) is 17.1. The lowest BCUT2D eigenvalue weighted by Gasteiger charge is -2.26. The lowest BCUT2D eigenvalue weighted by Crippen LogP contribution is -2.26. The van der Waals surface area contributed by atoms with Crippen LogP contribution in [0.4, 0.5) is 34.4 Å². The number of hydrazine groups is 1. The third-order valence-corrected chi connectivity index (χ3v) is 5.36. The van der Waals surface area contributed by atoms with Crippen LogP contribution in [0.25, 0.3) is 10.9 Å². The summed E-state index contributed by atoms with van der Waals surface area (Å²) in [5.74, 6) is 0.106. The monoisotopic (exact) mass is 463 g/mol. The molecule has 0 atom stereocenters. The first-order valence-electron chi connectivity index (χ1n) is 10.9. The molecule has 0 unspecified atom stereocenters. The van der Waals surface area contributed by atoms with Crippen LogP contribution in [0.15, 0.2) is 97.3 Å². The van der Waals surface area contributed by atoms with Gasteiger partial charge in [0.1, 0.15) is 6.33 Å². The van der Waals surface area contributed by atoms with Crippen LogP contribution in [0.3, 0.4) is 0 Å². The van der Waals surface area contributed by atoms with Crippen molar-refractivity contribution in [2.45, 2.75) is 6.92 Å². The number of fused-ring (bicyclic) bond motifs is 1. The maximum Gasteiger partial charge on any atom is 0.355 e. The maximum absolute atomic E-state index is 12.2. The van der Waals surface area contributed by atoms with E-state index in [1.807, 2.05) is 97.9 Å².